The minimum absolute atomic E-state index is 0.283. The van der Waals surface area contributed by atoms with Crippen LogP contribution in [0.1, 0.15) is 0 Å². The fourth-order valence-corrected chi connectivity index (χ4v) is 3.10. The average molecular weight is 420 g/mol. The first-order valence-corrected chi connectivity index (χ1v) is 9.42. The van der Waals surface area contributed by atoms with Crippen molar-refractivity contribution in [1.29, 1.82) is 0 Å². The Morgan fingerprint density at radius 3 is 2.67 bits per heavy atom. The topological polar surface area (TPSA) is 96.8 Å². The van der Waals surface area contributed by atoms with Crippen molar-refractivity contribution in [2.75, 3.05) is 16.0 Å². The van der Waals surface area contributed by atoms with Gasteiger partial charge in [-0.3, -0.25) is 9.48 Å². The van der Waals surface area contributed by atoms with E-state index in [2.05, 4.69) is 37.6 Å². The number of nitrogens with one attached hydrogen (secondary N) is 3. The SMILES string of the molecule is C=CC(=O)Nc1cccc(Nc2nc(Nc3cnn(C)c3)nc3c(Cl)cccc23)c1. The number of hydrogen-bond donors (Lipinski definition) is 3. The minimum Gasteiger partial charge on any atom is -0.339 e. The number of amides is 1. The zero-order chi connectivity index (χ0) is 21.1. The predicted molar refractivity (Wildman–Crippen MR) is 120 cm³/mol. The number of halogens is 1. The van der Waals surface area contributed by atoms with Crippen LogP contribution < -0.4 is 16.0 Å². The van der Waals surface area contributed by atoms with Crippen molar-refractivity contribution in [3.63, 3.8) is 0 Å². The molecule has 0 saturated carbocycles. The molecule has 2 heterocycles. The number of benzene rings is 2. The second-order valence-electron chi connectivity index (χ2n) is 6.46. The van der Waals surface area contributed by atoms with Gasteiger partial charge in [0.15, 0.2) is 0 Å². The zero-order valence-corrected chi connectivity index (χ0v) is 16.8. The summed E-state index contributed by atoms with van der Waals surface area (Å²) in [7, 11) is 1.83. The summed E-state index contributed by atoms with van der Waals surface area (Å²) in [4.78, 5) is 20.7. The van der Waals surface area contributed by atoms with E-state index in [0.29, 0.717) is 28.0 Å². The molecule has 4 rings (SSSR count). The first kappa shape index (κ1) is 19.4. The highest BCUT2D eigenvalue weighted by Crippen LogP contribution is 2.31. The van der Waals surface area contributed by atoms with E-state index in [-0.39, 0.29) is 5.91 Å². The third-order valence-electron chi connectivity index (χ3n) is 4.22. The summed E-state index contributed by atoms with van der Waals surface area (Å²) in [5.74, 6) is 0.665. The molecule has 3 N–H and O–H groups in total. The summed E-state index contributed by atoms with van der Waals surface area (Å²) < 4.78 is 1.68. The Morgan fingerprint density at radius 1 is 1.10 bits per heavy atom. The zero-order valence-electron chi connectivity index (χ0n) is 16.1. The summed E-state index contributed by atoms with van der Waals surface area (Å²) in [5.41, 5.74) is 2.74. The van der Waals surface area contributed by atoms with Gasteiger partial charge in [-0.2, -0.15) is 10.1 Å². The van der Waals surface area contributed by atoms with Crippen molar-refractivity contribution < 1.29 is 4.79 Å². The van der Waals surface area contributed by atoms with Crippen LogP contribution >= 0.6 is 11.6 Å². The molecule has 2 aromatic carbocycles. The van der Waals surface area contributed by atoms with E-state index in [1.54, 1.807) is 29.1 Å². The molecule has 0 radical (unpaired) electrons. The highest BCUT2D eigenvalue weighted by atomic mass is 35.5. The smallest absolute Gasteiger partial charge is 0.247 e. The van der Waals surface area contributed by atoms with E-state index in [9.17, 15) is 4.79 Å². The van der Waals surface area contributed by atoms with Crippen LogP contribution in [-0.2, 0) is 11.8 Å². The molecule has 150 valence electrons. The third kappa shape index (κ3) is 4.23. The second-order valence-corrected chi connectivity index (χ2v) is 6.87. The number of anilines is 5. The van der Waals surface area contributed by atoms with Crippen LogP contribution in [0.5, 0.6) is 0 Å². The monoisotopic (exact) mass is 419 g/mol. The molecule has 0 atom stereocenters. The second kappa shape index (κ2) is 8.22. The molecule has 0 aliphatic heterocycles. The number of carbonyl (C=O) groups is 1. The predicted octanol–water partition coefficient (Wildman–Crippen LogP) is 4.63. The molecule has 0 unspecified atom stereocenters. The van der Waals surface area contributed by atoms with E-state index >= 15 is 0 Å². The molecule has 1 amide bonds. The van der Waals surface area contributed by atoms with Crippen molar-refractivity contribution in [3.05, 3.63) is 72.5 Å². The maximum Gasteiger partial charge on any atom is 0.247 e. The van der Waals surface area contributed by atoms with E-state index in [1.807, 2.05) is 37.5 Å². The van der Waals surface area contributed by atoms with Crippen molar-refractivity contribution >= 4 is 57.2 Å². The van der Waals surface area contributed by atoms with Crippen molar-refractivity contribution in [3.8, 4) is 0 Å². The normalized spacial score (nSPS) is 10.6. The highest BCUT2D eigenvalue weighted by Gasteiger charge is 2.12. The highest BCUT2D eigenvalue weighted by molar-refractivity contribution is 6.35. The van der Waals surface area contributed by atoms with Crippen LogP contribution in [0.25, 0.3) is 10.9 Å². The molecule has 0 spiro atoms. The summed E-state index contributed by atoms with van der Waals surface area (Å²) in [6.07, 6.45) is 4.72. The van der Waals surface area contributed by atoms with Crippen LogP contribution in [0.4, 0.5) is 28.8 Å². The van der Waals surface area contributed by atoms with Gasteiger partial charge in [0.05, 0.1) is 22.4 Å². The van der Waals surface area contributed by atoms with Crippen LogP contribution in [0, 0.1) is 0 Å². The maximum atomic E-state index is 11.6. The van der Waals surface area contributed by atoms with E-state index in [4.69, 9.17) is 11.6 Å². The van der Waals surface area contributed by atoms with Gasteiger partial charge in [-0.1, -0.05) is 30.3 Å². The van der Waals surface area contributed by atoms with E-state index in [1.165, 1.54) is 6.08 Å². The number of para-hydroxylation sites is 1. The Hall–Kier alpha value is -3.91. The van der Waals surface area contributed by atoms with E-state index in [0.717, 1.165) is 16.8 Å². The molecule has 4 aromatic rings. The molecule has 0 fully saturated rings. The Balaban J connectivity index is 1.72. The number of nitrogens with zero attached hydrogens (tertiary/aromatic N) is 4. The molecule has 0 saturated heterocycles. The quantitative estimate of drug-likeness (QED) is 0.394. The molecule has 8 nitrogen and oxygen atoms in total. The molecule has 30 heavy (non-hydrogen) atoms. The van der Waals surface area contributed by atoms with Gasteiger partial charge in [0.1, 0.15) is 5.82 Å². The lowest BCUT2D eigenvalue weighted by Crippen LogP contribution is -2.07. The third-order valence-corrected chi connectivity index (χ3v) is 4.52. The lowest BCUT2D eigenvalue weighted by atomic mass is 10.2. The van der Waals surface area contributed by atoms with Crippen LogP contribution in [0.3, 0.4) is 0 Å². The molecule has 9 heteroatoms. The van der Waals surface area contributed by atoms with Gasteiger partial charge >= 0.3 is 0 Å². The largest absolute Gasteiger partial charge is 0.339 e. The summed E-state index contributed by atoms with van der Waals surface area (Å²) in [6, 6.07) is 12.8. The maximum absolute atomic E-state index is 11.6. The molecule has 0 aliphatic rings. The van der Waals surface area contributed by atoms with Crippen molar-refractivity contribution in [1.82, 2.24) is 19.7 Å². The molecular weight excluding hydrogens is 402 g/mol. The van der Waals surface area contributed by atoms with Gasteiger partial charge in [-0.15, -0.1) is 0 Å². The summed E-state index contributed by atoms with van der Waals surface area (Å²) >= 11 is 6.39. The molecule has 0 aliphatic carbocycles. The van der Waals surface area contributed by atoms with Gasteiger partial charge in [0, 0.05) is 30.0 Å². The standard InChI is InChI=1S/C21H18ClN7O/c1-3-18(30)24-13-6-4-7-14(10-13)25-20-16-8-5-9-17(22)19(16)27-21(28-20)26-15-11-23-29(2)12-15/h3-12H,1H2,2H3,(H,24,30)(H2,25,26,27,28). The van der Waals surface area contributed by atoms with Gasteiger partial charge in [0.2, 0.25) is 11.9 Å². The Morgan fingerprint density at radius 2 is 1.90 bits per heavy atom. The number of fused-ring (bicyclic) bond motifs is 1. The Labute approximate surface area is 177 Å². The molecular formula is C21H18ClN7O. The first-order chi connectivity index (χ1) is 14.5. The Bertz CT molecular complexity index is 1250. The van der Waals surface area contributed by atoms with E-state index < -0.39 is 0 Å². The Kier molecular flexibility index (Phi) is 5.32. The number of hydrogen-bond acceptors (Lipinski definition) is 6. The number of rotatable bonds is 6. The van der Waals surface area contributed by atoms with Gasteiger partial charge in [-0.25, -0.2) is 4.98 Å². The van der Waals surface area contributed by atoms with Crippen LogP contribution in [0.15, 0.2) is 67.5 Å². The number of carbonyl (C=O) groups excluding carboxylic acids is 1. The average Bonchev–Trinajstić information content (AvgIpc) is 3.13. The molecule has 2 aromatic heterocycles. The summed E-state index contributed by atoms with van der Waals surface area (Å²) in [5, 5.41) is 14.6. The first-order valence-electron chi connectivity index (χ1n) is 9.04. The summed E-state index contributed by atoms with van der Waals surface area (Å²) in [6.45, 7) is 3.46. The lowest BCUT2D eigenvalue weighted by Gasteiger charge is -2.13. The van der Waals surface area contributed by atoms with Gasteiger partial charge in [0.25, 0.3) is 0 Å². The van der Waals surface area contributed by atoms with Crippen molar-refractivity contribution in [2.24, 2.45) is 7.05 Å². The van der Waals surface area contributed by atoms with Gasteiger partial charge in [-0.05, 0) is 36.4 Å². The fraction of sp³-hybridized carbons (Fsp3) is 0.0476. The van der Waals surface area contributed by atoms with Crippen LogP contribution in [-0.4, -0.2) is 25.7 Å². The van der Waals surface area contributed by atoms with Crippen molar-refractivity contribution in [2.45, 2.75) is 0 Å². The number of aryl methyl sites for hydroxylation is 1. The lowest BCUT2D eigenvalue weighted by molar-refractivity contribution is -0.111. The van der Waals surface area contributed by atoms with Crippen LogP contribution in [0.2, 0.25) is 5.02 Å². The van der Waals surface area contributed by atoms with Gasteiger partial charge < -0.3 is 16.0 Å². The minimum atomic E-state index is -0.283. The molecule has 0 bridgehead atoms. The fourth-order valence-electron chi connectivity index (χ4n) is 2.89. The number of aromatic nitrogens is 4.